The molecule has 6 heteroatoms. The minimum absolute atomic E-state index is 0. The molecule has 3 fully saturated rings. The Kier molecular flexibility index (Phi) is 4.73. The summed E-state index contributed by atoms with van der Waals surface area (Å²) in [5.41, 5.74) is 3.93. The normalized spacial score (nSPS) is 23.9. The van der Waals surface area contributed by atoms with E-state index in [1.165, 1.54) is 0 Å². The van der Waals surface area contributed by atoms with Crippen molar-refractivity contribution >= 4 is 22.4 Å². The molecule has 0 spiro atoms. The highest BCUT2D eigenvalue weighted by Crippen LogP contribution is 2.26. The van der Waals surface area contributed by atoms with E-state index in [1.807, 2.05) is 24.3 Å². The number of phenols is 1. The van der Waals surface area contributed by atoms with Crippen LogP contribution in [0.5, 0.6) is 5.75 Å². The van der Waals surface area contributed by atoms with Gasteiger partial charge in [0.2, 0.25) is 0 Å². The maximum absolute atomic E-state index is 12.4. The topological polar surface area (TPSA) is 64.9 Å². The average Bonchev–Trinajstić information content (AvgIpc) is 2.60. The molecule has 0 atom stereocenters. The Morgan fingerprint density at radius 3 is 2.46 bits per heavy atom. The summed E-state index contributed by atoms with van der Waals surface area (Å²) < 4.78 is 0. The number of halogens is 1. The zero-order chi connectivity index (χ0) is 15.8. The first-order valence-electron chi connectivity index (χ1n) is 8.01. The van der Waals surface area contributed by atoms with Gasteiger partial charge in [-0.05, 0) is 48.8 Å². The molecule has 2 N–H and O–H groups in total. The van der Waals surface area contributed by atoms with Gasteiger partial charge in [-0.15, -0.1) is 0 Å². The number of aromatic hydroxyl groups is 1. The zero-order valence-electron chi connectivity index (χ0n) is 13.2. The van der Waals surface area contributed by atoms with Gasteiger partial charge in [0.1, 0.15) is 5.75 Å². The Morgan fingerprint density at radius 2 is 1.83 bits per heavy atom. The molecule has 0 aromatic heterocycles. The van der Waals surface area contributed by atoms with Crippen LogP contribution in [-0.4, -0.2) is 41.3 Å². The van der Waals surface area contributed by atoms with Crippen LogP contribution in [0.25, 0.3) is 10.8 Å². The minimum Gasteiger partial charge on any atom is -1.00 e. The number of hydrogen-bond donors (Lipinski definition) is 2. The molecule has 24 heavy (non-hydrogen) atoms. The SMILES string of the molecule is O=C(NN=C1CN2CCC1CC2)c1cc2ccccc2cc1O.[Cl-]. The summed E-state index contributed by atoms with van der Waals surface area (Å²) in [5, 5.41) is 16.3. The standard InChI is InChI=1S/C18H19N3O2.ClH/c22-17-10-14-4-2-1-3-13(14)9-15(17)18(23)20-19-16-11-21-7-5-12(16)6-8-21;/h1-4,9-10,12,22H,5-8,11H2,(H,20,23);1H/p-1. The first-order valence-corrected chi connectivity index (χ1v) is 8.01. The van der Waals surface area contributed by atoms with Gasteiger partial charge < -0.3 is 17.5 Å². The second-order valence-electron chi connectivity index (χ2n) is 6.31. The molecular formula is C18H19ClN3O2-. The number of carbonyl (C=O) groups is 1. The number of nitrogens with zero attached hydrogens (tertiary/aromatic N) is 2. The van der Waals surface area contributed by atoms with Gasteiger partial charge in [0.25, 0.3) is 5.91 Å². The molecule has 2 aromatic rings. The van der Waals surface area contributed by atoms with E-state index in [1.54, 1.807) is 12.1 Å². The van der Waals surface area contributed by atoms with Gasteiger partial charge in [-0.2, -0.15) is 5.10 Å². The van der Waals surface area contributed by atoms with E-state index in [4.69, 9.17) is 0 Å². The van der Waals surface area contributed by atoms with Gasteiger partial charge >= 0.3 is 0 Å². The van der Waals surface area contributed by atoms with Gasteiger partial charge in [-0.3, -0.25) is 9.69 Å². The lowest BCUT2D eigenvalue weighted by molar-refractivity contribution is -0.0000141. The second kappa shape index (κ2) is 6.79. The lowest BCUT2D eigenvalue weighted by atomic mass is 9.87. The number of benzene rings is 2. The van der Waals surface area contributed by atoms with E-state index in [2.05, 4.69) is 15.4 Å². The van der Waals surface area contributed by atoms with E-state index in [9.17, 15) is 9.90 Å². The van der Waals surface area contributed by atoms with Gasteiger partial charge in [0.15, 0.2) is 0 Å². The fourth-order valence-corrected chi connectivity index (χ4v) is 3.50. The summed E-state index contributed by atoms with van der Waals surface area (Å²) in [6, 6.07) is 11.0. The summed E-state index contributed by atoms with van der Waals surface area (Å²) in [7, 11) is 0. The molecule has 3 heterocycles. The first-order chi connectivity index (χ1) is 11.2. The van der Waals surface area contributed by atoms with E-state index >= 15 is 0 Å². The van der Waals surface area contributed by atoms with Crippen LogP contribution in [0.15, 0.2) is 41.5 Å². The predicted molar refractivity (Wildman–Crippen MR) is 89.7 cm³/mol. The molecule has 126 valence electrons. The van der Waals surface area contributed by atoms with Crippen LogP contribution >= 0.6 is 0 Å². The number of carbonyl (C=O) groups excluding carboxylic acids is 1. The van der Waals surface area contributed by atoms with Crippen molar-refractivity contribution in [3.63, 3.8) is 0 Å². The highest BCUT2D eigenvalue weighted by atomic mass is 35.5. The van der Waals surface area contributed by atoms with Crippen LogP contribution in [0.4, 0.5) is 0 Å². The molecule has 0 aliphatic carbocycles. The third-order valence-electron chi connectivity index (χ3n) is 4.85. The van der Waals surface area contributed by atoms with Crippen molar-refractivity contribution in [1.82, 2.24) is 10.3 Å². The largest absolute Gasteiger partial charge is 1.00 e. The summed E-state index contributed by atoms with van der Waals surface area (Å²) in [4.78, 5) is 14.7. The third-order valence-corrected chi connectivity index (χ3v) is 4.85. The van der Waals surface area contributed by atoms with Crippen molar-refractivity contribution in [2.45, 2.75) is 12.8 Å². The Morgan fingerprint density at radius 1 is 1.17 bits per heavy atom. The fraction of sp³-hybridized carbons (Fsp3) is 0.333. The number of nitrogens with one attached hydrogen (secondary N) is 1. The monoisotopic (exact) mass is 344 g/mol. The van der Waals surface area contributed by atoms with E-state index < -0.39 is 0 Å². The number of phenolic OH excluding ortho intramolecular Hbond substituents is 1. The van der Waals surface area contributed by atoms with Crippen molar-refractivity contribution in [2.24, 2.45) is 11.0 Å². The van der Waals surface area contributed by atoms with Crippen LogP contribution in [0.3, 0.4) is 0 Å². The fourth-order valence-electron chi connectivity index (χ4n) is 3.50. The number of hydrogen-bond acceptors (Lipinski definition) is 4. The second-order valence-corrected chi connectivity index (χ2v) is 6.31. The quantitative estimate of drug-likeness (QED) is 0.712. The Labute approximate surface area is 146 Å². The van der Waals surface area contributed by atoms with Crippen LogP contribution in [0.2, 0.25) is 0 Å². The molecule has 5 rings (SSSR count). The Bertz CT molecular complexity index is 798. The van der Waals surface area contributed by atoms with Crippen LogP contribution in [0, 0.1) is 5.92 Å². The number of amides is 1. The van der Waals surface area contributed by atoms with Crippen LogP contribution < -0.4 is 17.8 Å². The van der Waals surface area contributed by atoms with Gasteiger partial charge in [-0.25, -0.2) is 5.43 Å². The smallest absolute Gasteiger partial charge is 0.275 e. The summed E-state index contributed by atoms with van der Waals surface area (Å²) in [6.45, 7) is 3.10. The minimum atomic E-state index is -0.364. The molecule has 5 nitrogen and oxygen atoms in total. The predicted octanol–water partition coefficient (Wildman–Crippen LogP) is -0.639. The zero-order valence-corrected chi connectivity index (χ0v) is 14.0. The molecule has 3 aliphatic heterocycles. The van der Waals surface area contributed by atoms with Gasteiger partial charge in [0, 0.05) is 12.5 Å². The number of piperidine rings is 3. The van der Waals surface area contributed by atoms with Crippen molar-refractivity contribution in [3.05, 3.63) is 42.0 Å². The summed E-state index contributed by atoms with van der Waals surface area (Å²) in [5.74, 6) is 0.109. The lowest BCUT2D eigenvalue weighted by Crippen LogP contribution is -3.00. The van der Waals surface area contributed by atoms with Crippen LogP contribution in [0.1, 0.15) is 23.2 Å². The van der Waals surface area contributed by atoms with Gasteiger partial charge in [0.05, 0.1) is 11.3 Å². The summed E-state index contributed by atoms with van der Waals surface area (Å²) >= 11 is 0. The summed E-state index contributed by atoms with van der Waals surface area (Å²) in [6.07, 6.45) is 2.24. The molecule has 3 saturated heterocycles. The number of rotatable bonds is 2. The Balaban J connectivity index is 0.00000169. The van der Waals surface area contributed by atoms with Crippen molar-refractivity contribution in [2.75, 3.05) is 19.6 Å². The van der Waals surface area contributed by atoms with Crippen molar-refractivity contribution in [1.29, 1.82) is 0 Å². The maximum Gasteiger partial charge on any atom is 0.275 e. The lowest BCUT2D eigenvalue weighted by Gasteiger charge is -2.39. The van der Waals surface area contributed by atoms with Crippen molar-refractivity contribution < 1.29 is 22.3 Å². The molecule has 1 amide bonds. The molecule has 0 saturated carbocycles. The molecular weight excluding hydrogens is 326 g/mol. The average molecular weight is 345 g/mol. The van der Waals surface area contributed by atoms with E-state index in [0.717, 1.165) is 49.0 Å². The van der Waals surface area contributed by atoms with Gasteiger partial charge in [-0.1, -0.05) is 24.3 Å². The first kappa shape index (κ1) is 16.7. The van der Waals surface area contributed by atoms with E-state index in [0.29, 0.717) is 5.92 Å². The molecule has 0 unspecified atom stereocenters. The van der Waals surface area contributed by atoms with Crippen molar-refractivity contribution in [3.8, 4) is 5.75 Å². The third kappa shape index (κ3) is 3.09. The molecule has 2 aromatic carbocycles. The Hall–Kier alpha value is -2.11. The van der Waals surface area contributed by atoms with Crippen LogP contribution in [-0.2, 0) is 0 Å². The molecule has 3 aliphatic rings. The maximum atomic E-state index is 12.4. The van der Waals surface area contributed by atoms with E-state index in [-0.39, 0.29) is 29.6 Å². The molecule has 2 bridgehead atoms. The number of fused-ring (bicyclic) bond motifs is 4. The highest BCUT2D eigenvalue weighted by Gasteiger charge is 2.31. The molecule has 0 radical (unpaired) electrons. The highest BCUT2D eigenvalue weighted by molar-refractivity contribution is 6.02. The number of hydrazone groups is 1.